The number of likely N-dealkylation sites (tertiary alicyclic amines) is 1. The van der Waals surface area contributed by atoms with Crippen molar-refractivity contribution in [1.29, 1.82) is 0 Å². The number of carbonyl (C=O) groups is 1. The van der Waals surface area contributed by atoms with Crippen LogP contribution in [0.2, 0.25) is 0 Å². The van der Waals surface area contributed by atoms with Crippen LogP contribution < -0.4 is 0 Å². The zero-order chi connectivity index (χ0) is 10.7. The number of aliphatic carboxylic acids is 1. The van der Waals surface area contributed by atoms with E-state index in [1.165, 1.54) is 32.4 Å². The first kappa shape index (κ1) is 10.9. The first-order chi connectivity index (χ1) is 7.27. The molecule has 15 heavy (non-hydrogen) atoms. The number of carboxylic acid groups (broad SMARTS) is 1. The van der Waals surface area contributed by atoms with Gasteiger partial charge in [0.15, 0.2) is 0 Å². The second-order valence-electron chi connectivity index (χ2n) is 5.00. The van der Waals surface area contributed by atoms with E-state index >= 15 is 0 Å². The first-order valence-electron chi connectivity index (χ1n) is 6.22. The molecule has 1 N–H and O–H groups in total. The van der Waals surface area contributed by atoms with E-state index in [-0.39, 0.29) is 5.92 Å². The monoisotopic (exact) mass is 211 g/mol. The fourth-order valence-electron chi connectivity index (χ4n) is 3.05. The molecular formula is C12H21NO2. The van der Waals surface area contributed by atoms with Crippen molar-refractivity contribution < 1.29 is 9.90 Å². The van der Waals surface area contributed by atoms with Crippen LogP contribution in [0.5, 0.6) is 0 Å². The van der Waals surface area contributed by atoms with Crippen LogP contribution in [-0.4, -0.2) is 35.6 Å². The van der Waals surface area contributed by atoms with Crippen molar-refractivity contribution in [2.45, 2.75) is 38.5 Å². The van der Waals surface area contributed by atoms with Gasteiger partial charge in [0.2, 0.25) is 0 Å². The normalized spacial score (nSPS) is 33.1. The lowest BCUT2D eigenvalue weighted by Gasteiger charge is -2.31. The van der Waals surface area contributed by atoms with Gasteiger partial charge in [-0.3, -0.25) is 4.79 Å². The minimum atomic E-state index is -0.570. The molecule has 0 bridgehead atoms. The number of hydrogen-bond donors (Lipinski definition) is 1. The highest BCUT2D eigenvalue weighted by Gasteiger charge is 2.32. The molecule has 2 fully saturated rings. The molecule has 3 heteroatoms. The number of rotatable bonds is 3. The van der Waals surface area contributed by atoms with Crippen molar-refractivity contribution in [3.63, 3.8) is 0 Å². The topological polar surface area (TPSA) is 40.5 Å². The van der Waals surface area contributed by atoms with Gasteiger partial charge in [-0.25, -0.2) is 0 Å². The number of hydrogen-bond acceptors (Lipinski definition) is 2. The molecule has 1 unspecified atom stereocenters. The Morgan fingerprint density at radius 2 is 1.80 bits per heavy atom. The fourth-order valence-corrected chi connectivity index (χ4v) is 3.05. The summed E-state index contributed by atoms with van der Waals surface area (Å²) in [7, 11) is 0. The summed E-state index contributed by atoms with van der Waals surface area (Å²) in [5.41, 5.74) is 0. The lowest BCUT2D eigenvalue weighted by Crippen LogP contribution is -2.36. The Bertz CT molecular complexity index is 224. The van der Waals surface area contributed by atoms with Gasteiger partial charge < -0.3 is 10.0 Å². The predicted octanol–water partition coefficient (Wildman–Crippen LogP) is 1.97. The van der Waals surface area contributed by atoms with Gasteiger partial charge in [-0.2, -0.15) is 0 Å². The average Bonchev–Trinajstić information content (AvgIpc) is 2.71. The molecule has 0 spiro atoms. The number of nitrogens with zero attached hydrogens (tertiary/aromatic N) is 1. The van der Waals surface area contributed by atoms with Crippen LogP contribution >= 0.6 is 0 Å². The Balaban J connectivity index is 1.89. The zero-order valence-corrected chi connectivity index (χ0v) is 9.32. The Morgan fingerprint density at radius 1 is 1.13 bits per heavy atom. The minimum Gasteiger partial charge on any atom is -0.481 e. The fraction of sp³-hybridized carbons (Fsp3) is 0.917. The van der Waals surface area contributed by atoms with Crippen molar-refractivity contribution in [2.24, 2.45) is 11.8 Å². The molecule has 2 atom stereocenters. The Kier molecular flexibility index (Phi) is 3.62. The van der Waals surface area contributed by atoms with E-state index in [4.69, 9.17) is 5.11 Å². The molecule has 1 heterocycles. The van der Waals surface area contributed by atoms with Crippen LogP contribution in [0.4, 0.5) is 0 Å². The molecule has 0 aromatic carbocycles. The summed E-state index contributed by atoms with van der Waals surface area (Å²) in [5, 5.41) is 9.16. The molecule has 86 valence electrons. The van der Waals surface area contributed by atoms with Crippen molar-refractivity contribution in [2.75, 3.05) is 19.6 Å². The van der Waals surface area contributed by atoms with Crippen LogP contribution in [0.15, 0.2) is 0 Å². The Hall–Kier alpha value is -0.570. The highest BCUT2D eigenvalue weighted by atomic mass is 16.4. The molecule has 1 aliphatic heterocycles. The largest absolute Gasteiger partial charge is 0.481 e. The molecule has 1 aliphatic carbocycles. The Morgan fingerprint density at radius 3 is 2.47 bits per heavy atom. The molecular weight excluding hydrogens is 190 g/mol. The lowest BCUT2D eigenvalue weighted by atomic mass is 9.79. The summed E-state index contributed by atoms with van der Waals surface area (Å²) in [4.78, 5) is 13.6. The summed E-state index contributed by atoms with van der Waals surface area (Å²) in [6, 6.07) is 0. The highest BCUT2D eigenvalue weighted by Crippen LogP contribution is 2.31. The van der Waals surface area contributed by atoms with Crippen molar-refractivity contribution >= 4 is 5.97 Å². The van der Waals surface area contributed by atoms with Crippen LogP contribution in [0.1, 0.15) is 38.5 Å². The molecule has 2 rings (SSSR count). The summed E-state index contributed by atoms with van der Waals surface area (Å²) < 4.78 is 0. The van der Waals surface area contributed by atoms with E-state index in [2.05, 4.69) is 4.90 Å². The summed E-state index contributed by atoms with van der Waals surface area (Å²) in [6.07, 6.45) is 6.94. The van der Waals surface area contributed by atoms with E-state index in [1.54, 1.807) is 0 Å². The molecule has 0 radical (unpaired) electrons. The SMILES string of the molecule is O=C(O)[C@H]1CCCCC1CN1CCCC1. The molecule has 1 saturated heterocycles. The molecule has 3 nitrogen and oxygen atoms in total. The first-order valence-corrected chi connectivity index (χ1v) is 6.22. The van der Waals surface area contributed by atoms with Crippen molar-refractivity contribution in [1.82, 2.24) is 4.90 Å². The minimum absolute atomic E-state index is 0.0700. The van der Waals surface area contributed by atoms with Crippen LogP contribution in [0, 0.1) is 11.8 Å². The maximum Gasteiger partial charge on any atom is 0.306 e. The summed E-state index contributed by atoms with van der Waals surface area (Å²) >= 11 is 0. The van der Waals surface area contributed by atoms with Crippen molar-refractivity contribution in [3.8, 4) is 0 Å². The van der Waals surface area contributed by atoms with Gasteiger partial charge in [-0.1, -0.05) is 12.8 Å². The summed E-state index contributed by atoms with van der Waals surface area (Å²) in [6.45, 7) is 3.39. The lowest BCUT2D eigenvalue weighted by molar-refractivity contribution is -0.145. The molecule has 0 aromatic rings. The summed E-state index contributed by atoms with van der Waals surface area (Å²) in [5.74, 6) is -0.229. The van der Waals surface area contributed by atoms with E-state index in [0.29, 0.717) is 5.92 Å². The maximum atomic E-state index is 11.1. The standard InChI is InChI=1S/C12H21NO2/c14-12(15)11-6-2-1-5-10(11)9-13-7-3-4-8-13/h10-11H,1-9H2,(H,14,15)/t10?,11-/m0/s1. The van der Waals surface area contributed by atoms with Crippen LogP contribution in [-0.2, 0) is 4.79 Å². The Labute approximate surface area is 91.5 Å². The third-order valence-electron chi connectivity index (χ3n) is 3.92. The van der Waals surface area contributed by atoms with Gasteiger partial charge in [0, 0.05) is 6.54 Å². The third kappa shape index (κ3) is 2.71. The van der Waals surface area contributed by atoms with Gasteiger partial charge in [0.05, 0.1) is 5.92 Å². The van der Waals surface area contributed by atoms with Crippen LogP contribution in [0.25, 0.3) is 0 Å². The maximum absolute atomic E-state index is 11.1. The molecule has 2 aliphatic rings. The third-order valence-corrected chi connectivity index (χ3v) is 3.92. The van der Waals surface area contributed by atoms with Gasteiger partial charge >= 0.3 is 5.97 Å². The van der Waals surface area contributed by atoms with Gasteiger partial charge in [0.1, 0.15) is 0 Å². The van der Waals surface area contributed by atoms with E-state index in [1.807, 2.05) is 0 Å². The molecule has 0 aromatic heterocycles. The second kappa shape index (κ2) is 4.97. The highest BCUT2D eigenvalue weighted by molar-refractivity contribution is 5.70. The second-order valence-corrected chi connectivity index (χ2v) is 5.00. The van der Waals surface area contributed by atoms with Gasteiger partial charge in [-0.05, 0) is 44.7 Å². The van der Waals surface area contributed by atoms with Gasteiger partial charge in [0.25, 0.3) is 0 Å². The predicted molar refractivity (Wildman–Crippen MR) is 58.8 cm³/mol. The molecule has 1 saturated carbocycles. The smallest absolute Gasteiger partial charge is 0.306 e. The van der Waals surface area contributed by atoms with E-state index in [9.17, 15) is 4.79 Å². The van der Waals surface area contributed by atoms with Gasteiger partial charge in [-0.15, -0.1) is 0 Å². The zero-order valence-electron chi connectivity index (χ0n) is 9.32. The molecule has 0 amide bonds. The van der Waals surface area contributed by atoms with E-state index in [0.717, 1.165) is 25.8 Å². The van der Waals surface area contributed by atoms with Crippen molar-refractivity contribution in [3.05, 3.63) is 0 Å². The van der Waals surface area contributed by atoms with Crippen LogP contribution in [0.3, 0.4) is 0 Å². The number of carboxylic acids is 1. The quantitative estimate of drug-likeness (QED) is 0.776. The van der Waals surface area contributed by atoms with E-state index < -0.39 is 5.97 Å². The average molecular weight is 211 g/mol.